The van der Waals surface area contributed by atoms with E-state index in [0.29, 0.717) is 5.02 Å². The Bertz CT molecular complexity index is 577. The van der Waals surface area contributed by atoms with E-state index >= 15 is 0 Å². The van der Waals surface area contributed by atoms with Crippen molar-refractivity contribution in [3.05, 3.63) is 63.1 Å². The van der Waals surface area contributed by atoms with Crippen LogP contribution < -0.4 is 5.32 Å². The highest BCUT2D eigenvalue weighted by Crippen LogP contribution is 2.29. The van der Waals surface area contributed by atoms with Crippen LogP contribution in [0, 0.1) is 5.82 Å². The molecule has 1 N–H and O–H groups in total. The Labute approximate surface area is 125 Å². The first-order chi connectivity index (χ1) is 9.11. The van der Waals surface area contributed by atoms with Crippen molar-refractivity contribution in [2.75, 3.05) is 6.54 Å². The van der Waals surface area contributed by atoms with E-state index in [4.69, 9.17) is 11.6 Å². The Morgan fingerprint density at radius 1 is 1.32 bits per heavy atom. The highest BCUT2D eigenvalue weighted by atomic mass is 79.9. The number of hydrogen-bond donors (Lipinski definition) is 1. The number of pyridine rings is 1. The Hall–Kier alpha value is -0.970. The first-order valence-corrected chi connectivity index (χ1v) is 7.07. The molecule has 0 spiro atoms. The molecule has 2 rings (SSSR count). The van der Waals surface area contributed by atoms with E-state index in [1.807, 2.05) is 25.1 Å². The van der Waals surface area contributed by atoms with Gasteiger partial charge >= 0.3 is 0 Å². The fourth-order valence-electron chi connectivity index (χ4n) is 1.91. The minimum absolute atomic E-state index is 0.109. The summed E-state index contributed by atoms with van der Waals surface area (Å²) in [6.07, 6.45) is 2.86. The molecular weight excluding hydrogens is 331 g/mol. The van der Waals surface area contributed by atoms with Gasteiger partial charge in [0.2, 0.25) is 0 Å². The topological polar surface area (TPSA) is 24.9 Å². The van der Waals surface area contributed by atoms with E-state index in [2.05, 4.69) is 26.2 Å². The molecule has 5 heteroatoms. The summed E-state index contributed by atoms with van der Waals surface area (Å²) in [5.41, 5.74) is 1.79. The maximum absolute atomic E-state index is 13.3. The Balaban J connectivity index is 2.42. The molecule has 0 bridgehead atoms. The van der Waals surface area contributed by atoms with E-state index in [0.717, 1.165) is 22.1 Å². The molecule has 2 nitrogen and oxygen atoms in total. The summed E-state index contributed by atoms with van der Waals surface area (Å²) in [6, 6.07) is 7.05. The minimum Gasteiger partial charge on any atom is -0.306 e. The summed E-state index contributed by atoms with van der Waals surface area (Å²) in [6.45, 7) is 2.77. The Morgan fingerprint density at radius 2 is 2.11 bits per heavy atom. The maximum Gasteiger partial charge on any atom is 0.141 e. The van der Waals surface area contributed by atoms with Crippen molar-refractivity contribution in [2.24, 2.45) is 0 Å². The number of nitrogens with zero attached hydrogens (tertiary/aromatic N) is 1. The number of hydrogen-bond acceptors (Lipinski definition) is 2. The van der Waals surface area contributed by atoms with Crippen LogP contribution in [0.15, 0.2) is 41.1 Å². The molecule has 0 fully saturated rings. The lowest BCUT2D eigenvalue weighted by Gasteiger charge is -2.19. The van der Waals surface area contributed by atoms with Gasteiger partial charge in [0.05, 0.1) is 17.3 Å². The third kappa shape index (κ3) is 3.53. The van der Waals surface area contributed by atoms with Gasteiger partial charge in [0, 0.05) is 10.7 Å². The van der Waals surface area contributed by atoms with E-state index in [9.17, 15) is 4.39 Å². The molecule has 2 aromatic rings. The SMILES string of the molecule is CCNC(c1cncc(F)c1)c1ccc(Cl)c(Br)c1. The highest BCUT2D eigenvalue weighted by Gasteiger charge is 2.15. The van der Waals surface area contributed by atoms with Gasteiger partial charge in [-0.25, -0.2) is 4.39 Å². The lowest BCUT2D eigenvalue weighted by atomic mass is 10.0. The molecule has 1 unspecified atom stereocenters. The third-order valence-corrected chi connectivity index (χ3v) is 3.96. The molecule has 1 atom stereocenters. The van der Waals surface area contributed by atoms with Crippen LogP contribution in [0.2, 0.25) is 5.02 Å². The van der Waals surface area contributed by atoms with Crippen LogP contribution in [0.4, 0.5) is 4.39 Å². The predicted octanol–water partition coefficient (Wildman–Crippen LogP) is 4.34. The van der Waals surface area contributed by atoms with Crippen molar-refractivity contribution < 1.29 is 4.39 Å². The van der Waals surface area contributed by atoms with Crippen LogP contribution in [0.3, 0.4) is 0 Å². The Morgan fingerprint density at radius 3 is 2.74 bits per heavy atom. The Kier molecular flexibility index (Phi) is 4.91. The zero-order valence-electron chi connectivity index (χ0n) is 10.3. The van der Waals surface area contributed by atoms with Crippen LogP contribution in [0.5, 0.6) is 0 Å². The third-order valence-electron chi connectivity index (χ3n) is 2.74. The van der Waals surface area contributed by atoms with Crippen LogP contribution in [0.25, 0.3) is 0 Å². The second-order valence-electron chi connectivity index (χ2n) is 4.10. The van der Waals surface area contributed by atoms with Crippen LogP contribution in [-0.4, -0.2) is 11.5 Å². The molecule has 100 valence electrons. The molecule has 0 saturated heterocycles. The zero-order chi connectivity index (χ0) is 13.8. The van der Waals surface area contributed by atoms with Crippen LogP contribution in [0.1, 0.15) is 24.1 Å². The number of aromatic nitrogens is 1. The van der Waals surface area contributed by atoms with Gasteiger partial charge in [-0.15, -0.1) is 0 Å². The second-order valence-corrected chi connectivity index (χ2v) is 5.36. The van der Waals surface area contributed by atoms with Gasteiger partial charge in [-0.2, -0.15) is 0 Å². The van der Waals surface area contributed by atoms with Gasteiger partial charge in [0.15, 0.2) is 0 Å². The molecule has 0 aliphatic rings. The average Bonchev–Trinajstić information content (AvgIpc) is 2.39. The smallest absolute Gasteiger partial charge is 0.141 e. The molecule has 19 heavy (non-hydrogen) atoms. The lowest BCUT2D eigenvalue weighted by Crippen LogP contribution is -2.22. The van der Waals surface area contributed by atoms with E-state index in [1.165, 1.54) is 12.3 Å². The lowest BCUT2D eigenvalue weighted by molar-refractivity contribution is 0.596. The molecule has 0 saturated carbocycles. The average molecular weight is 344 g/mol. The molecule has 1 aromatic heterocycles. The van der Waals surface area contributed by atoms with Gasteiger partial charge in [-0.05, 0) is 51.8 Å². The largest absolute Gasteiger partial charge is 0.306 e. The van der Waals surface area contributed by atoms with Crippen molar-refractivity contribution in [2.45, 2.75) is 13.0 Å². The number of nitrogens with one attached hydrogen (secondary N) is 1. The van der Waals surface area contributed by atoms with Crippen LogP contribution >= 0.6 is 27.5 Å². The van der Waals surface area contributed by atoms with E-state index in [-0.39, 0.29) is 11.9 Å². The monoisotopic (exact) mass is 342 g/mol. The predicted molar refractivity (Wildman–Crippen MR) is 78.9 cm³/mol. The highest BCUT2D eigenvalue weighted by molar-refractivity contribution is 9.10. The molecule has 0 aliphatic heterocycles. The zero-order valence-corrected chi connectivity index (χ0v) is 12.7. The summed E-state index contributed by atoms with van der Waals surface area (Å²) < 4.78 is 14.1. The van der Waals surface area contributed by atoms with Gasteiger partial charge < -0.3 is 5.32 Å². The molecular formula is C14H13BrClFN2. The minimum atomic E-state index is -0.339. The quantitative estimate of drug-likeness (QED) is 0.893. The summed E-state index contributed by atoms with van der Waals surface area (Å²) >= 11 is 9.40. The van der Waals surface area contributed by atoms with E-state index < -0.39 is 0 Å². The fourth-order valence-corrected chi connectivity index (χ4v) is 2.42. The van der Waals surface area contributed by atoms with E-state index in [1.54, 1.807) is 6.20 Å². The first kappa shape index (κ1) is 14.4. The van der Waals surface area contributed by atoms with Crippen molar-refractivity contribution in [3.63, 3.8) is 0 Å². The summed E-state index contributed by atoms with van der Waals surface area (Å²) in [4.78, 5) is 3.90. The number of benzene rings is 1. The maximum atomic E-state index is 13.3. The molecule has 0 amide bonds. The van der Waals surface area contributed by atoms with Gasteiger partial charge in [-0.1, -0.05) is 24.6 Å². The van der Waals surface area contributed by atoms with Gasteiger partial charge in [-0.3, -0.25) is 4.98 Å². The van der Waals surface area contributed by atoms with Crippen LogP contribution in [-0.2, 0) is 0 Å². The van der Waals surface area contributed by atoms with Gasteiger partial charge in [0.25, 0.3) is 0 Å². The van der Waals surface area contributed by atoms with Crippen molar-refractivity contribution in [3.8, 4) is 0 Å². The summed E-state index contributed by atoms with van der Waals surface area (Å²) in [5.74, 6) is -0.339. The fraction of sp³-hybridized carbons (Fsp3) is 0.214. The molecule has 1 aromatic carbocycles. The molecule has 0 radical (unpaired) electrons. The van der Waals surface area contributed by atoms with Crippen molar-refractivity contribution in [1.29, 1.82) is 0 Å². The summed E-state index contributed by atoms with van der Waals surface area (Å²) in [7, 11) is 0. The second kappa shape index (κ2) is 6.46. The standard InChI is InChI=1S/C14H13BrClFN2/c1-2-19-14(10-5-11(17)8-18-7-10)9-3-4-13(16)12(15)6-9/h3-8,14,19H,2H2,1H3. The normalized spacial score (nSPS) is 12.4. The van der Waals surface area contributed by atoms with Gasteiger partial charge in [0.1, 0.15) is 5.82 Å². The molecule has 0 aliphatic carbocycles. The van der Waals surface area contributed by atoms with Crippen molar-refractivity contribution in [1.82, 2.24) is 10.3 Å². The van der Waals surface area contributed by atoms with Crippen molar-refractivity contribution >= 4 is 27.5 Å². The first-order valence-electron chi connectivity index (χ1n) is 5.90. The molecule has 1 heterocycles. The number of rotatable bonds is 4. The number of halogens is 3. The summed E-state index contributed by atoms with van der Waals surface area (Å²) in [5, 5.41) is 3.97.